The molecule has 1 aliphatic heterocycles. The van der Waals surface area contributed by atoms with Crippen LogP contribution in [0.5, 0.6) is 5.75 Å². The Morgan fingerprint density at radius 2 is 1.56 bits per heavy atom. The third kappa shape index (κ3) is 18.4. The minimum atomic E-state index is -4.64. The second-order valence-electron chi connectivity index (χ2n) is 7.32. The lowest BCUT2D eigenvalue weighted by atomic mass is 10.0. The normalized spacial score (nSPS) is 13.1. The molecule has 0 aromatic heterocycles. The summed E-state index contributed by atoms with van der Waals surface area (Å²) in [6, 6.07) is 4.81. The van der Waals surface area contributed by atoms with E-state index in [2.05, 4.69) is 41.9 Å². The first-order valence-corrected chi connectivity index (χ1v) is 13.3. The number of unbranched alkanes of at least 4 members (excludes halogenated alkanes) is 2. The van der Waals surface area contributed by atoms with Gasteiger partial charge in [0, 0.05) is 24.7 Å². The Balaban J connectivity index is 0.000000805. The maximum absolute atomic E-state index is 8.88. The zero-order chi connectivity index (χ0) is 24.8. The van der Waals surface area contributed by atoms with Gasteiger partial charge in [-0.15, -0.1) is 0 Å². The molecular formula is C18H37N3O9P2. The number of ether oxygens (including phenoxy) is 1. The molecule has 9 N–H and O–H groups in total. The van der Waals surface area contributed by atoms with Gasteiger partial charge in [0.2, 0.25) is 0 Å². The van der Waals surface area contributed by atoms with Gasteiger partial charge in [0.25, 0.3) is 0 Å². The maximum Gasteiger partial charge on any atom is 0.466 e. The third-order valence-electron chi connectivity index (χ3n) is 4.12. The van der Waals surface area contributed by atoms with Crippen LogP contribution in [-0.2, 0) is 15.6 Å². The molecule has 1 aromatic rings. The molecule has 0 fully saturated rings. The lowest BCUT2D eigenvalue weighted by molar-refractivity contribution is 0.272. The quantitative estimate of drug-likeness (QED) is 0.176. The van der Waals surface area contributed by atoms with E-state index in [1.165, 1.54) is 42.6 Å². The minimum Gasteiger partial charge on any atom is -0.496 e. The topological polar surface area (TPSA) is 201 Å². The van der Waals surface area contributed by atoms with Crippen molar-refractivity contribution in [2.75, 3.05) is 37.4 Å². The van der Waals surface area contributed by atoms with Crippen molar-refractivity contribution in [3.8, 4) is 5.75 Å². The lowest BCUT2D eigenvalue weighted by Gasteiger charge is -2.24. The molecule has 0 unspecified atom stereocenters. The summed E-state index contributed by atoms with van der Waals surface area (Å²) in [7, 11) is -7.53. The fraction of sp³-hybridized carbons (Fsp3) is 0.667. The summed E-state index contributed by atoms with van der Waals surface area (Å²) >= 11 is 0. The fourth-order valence-corrected chi connectivity index (χ4v) is 2.94. The van der Waals surface area contributed by atoms with Gasteiger partial charge in [-0.1, -0.05) is 20.3 Å². The fourth-order valence-electron chi connectivity index (χ4n) is 2.94. The number of phosphoric acid groups is 2. The molecule has 0 spiro atoms. The number of hydrogen-bond donors (Lipinski definition) is 9. The van der Waals surface area contributed by atoms with Crippen LogP contribution < -0.4 is 20.7 Å². The molecule has 1 aromatic carbocycles. The Bertz CT molecular complexity index is 717. The Labute approximate surface area is 188 Å². The Morgan fingerprint density at radius 3 is 2.09 bits per heavy atom. The monoisotopic (exact) mass is 501 g/mol. The highest BCUT2D eigenvalue weighted by molar-refractivity contribution is 7.45. The zero-order valence-corrected chi connectivity index (χ0v) is 20.5. The lowest BCUT2D eigenvalue weighted by Crippen LogP contribution is -2.23. The molecule has 1 heterocycles. The largest absolute Gasteiger partial charge is 0.496 e. The van der Waals surface area contributed by atoms with Crippen molar-refractivity contribution in [3.63, 3.8) is 0 Å². The average Bonchev–Trinajstić information content (AvgIpc) is 2.64. The first-order chi connectivity index (χ1) is 14.7. The van der Waals surface area contributed by atoms with Gasteiger partial charge in [0.15, 0.2) is 0 Å². The zero-order valence-electron chi connectivity index (χ0n) is 18.7. The van der Waals surface area contributed by atoms with Crippen LogP contribution in [0.4, 0.5) is 11.4 Å². The van der Waals surface area contributed by atoms with Crippen LogP contribution in [0.25, 0.3) is 0 Å². The van der Waals surface area contributed by atoms with E-state index in [1.54, 1.807) is 7.11 Å². The third-order valence-corrected chi connectivity index (χ3v) is 4.12. The molecular weight excluding hydrogens is 464 g/mol. The van der Waals surface area contributed by atoms with Crippen LogP contribution in [0.15, 0.2) is 12.1 Å². The average molecular weight is 501 g/mol. The summed E-state index contributed by atoms with van der Waals surface area (Å²) in [5.74, 6) is 1.01. The van der Waals surface area contributed by atoms with Crippen LogP contribution in [0.3, 0.4) is 0 Å². The number of benzene rings is 1. The van der Waals surface area contributed by atoms with E-state index in [0.717, 1.165) is 31.8 Å². The van der Waals surface area contributed by atoms with Crippen molar-refractivity contribution in [2.45, 2.75) is 52.0 Å². The maximum atomic E-state index is 8.88. The summed E-state index contributed by atoms with van der Waals surface area (Å²) in [6.07, 6.45) is 6.00. The van der Waals surface area contributed by atoms with Gasteiger partial charge in [0.1, 0.15) is 5.75 Å². The van der Waals surface area contributed by atoms with Gasteiger partial charge < -0.3 is 50.0 Å². The van der Waals surface area contributed by atoms with Crippen molar-refractivity contribution in [1.29, 1.82) is 0 Å². The van der Waals surface area contributed by atoms with E-state index >= 15 is 0 Å². The Kier molecular flexibility index (Phi) is 15.0. The highest BCUT2D eigenvalue weighted by Crippen LogP contribution is 2.36. The van der Waals surface area contributed by atoms with E-state index in [9.17, 15) is 0 Å². The van der Waals surface area contributed by atoms with Crippen LogP contribution in [0.1, 0.15) is 45.1 Å². The van der Waals surface area contributed by atoms with E-state index in [-0.39, 0.29) is 0 Å². The summed E-state index contributed by atoms with van der Waals surface area (Å²) in [5, 5.41) is 10.6. The summed E-state index contributed by atoms with van der Waals surface area (Å²) < 4.78 is 23.2. The molecule has 0 radical (unpaired) electrons. The first kappa shape index (κ1) is 30.8. The summed E-state index contributed by atoms with van der Waals surface area (Å²) in [4.78, 5) is 43.1. The molecule has 12 nitrogen and oxygen atoms in total. The van der Waals surface area contributed by atoms with E-state index in [0.29, 0.717) is 6.04 Å². The summed E-state index contributed by atoms with van der Waals surface area (Å²) in [5.41, 5.74) is 3.78. The van der Waals surface area contributed by atoms with Gasteiger partial charge in [-0.25, -0.2) is 9.13 Å². The van der Waals surface area contributed by atoms with Crippen LogP contribution in [0, 0.1) is 0 Å². The predicted octanol–water partition coefficient (Wildman–Crippen LogP) is 1.78. The second-order valence-corrected chi connectivity index (χ2v) is 9.38. The number of nitrogens with one attached hydrogen (secondary N) is 3. The van der Waals surface area contributed by atoms with Gasteiger partial charge >= 0.3 is 15.6 Å². The van der Waals surface area contributed by atoms with Gasteiger partial charge in [0.05, 0.1) is 18.5 Å². The molecule has 0 bridgehead atoms. The van der Waals surface area contributed by atoms with Crippen molar-refractivity contribution in [1.82, 2.24) is 5.32 Å². The van der Waals surface area contributed by atoms with Gasteiger partial charge in [-0.05, 0) is 44.4 Å². The van der Waals surface area contributed by atoms with Gasteiger partial charge in [-0.3, -0.25) is 0 Å². The molecule has 2 rings (SSSR count). The smallest absolute Gasteiger partial charge is 0.466 e. The molecule has 0 amide bonds. The first-order valence-electron chi connectivity index (χ1n) is 10.2. The number of methoxy groups -OCH3 is 1. The van der Waals surface area contributed by atoms with Gasteiger partial charge in [-0.2, -0.15) is 0 Å². The molecule has 0 atom stereocenters. The SMILES string of the molecule is COc1ccc(NCCCCCNC(C)C)c2c1CCCN2.O=P(O)(O)O.O=P(O)(O)O. The Hall–Kier alpha value is -1.20. The van der Waals surface area contributed by atoms with E-state index in [1.807, 2.05) is 0 Å². The second kappa shape index (κ2) is 15.6. The highest BCUT2D eigenvalue weighted by Gasteiger charge is 2.17. The minimum absolute atomic E-state index is 0.593. The van der Waals surface area contributed by atoms with Crippen molar-refractivity contribution in [2.24, 2.45) is 0 Å². The van der Waals surface area contributed by atoms with Crippen molar-refractivity contribution >= 4 is 27.0 Å². The van der Waals surface area contributed by atoms with E-state index in [4.69, 9.17) is 43.2 Å². The molecule has 0 saturated heterocycles. The van der Waals surface area contributed by atoms with Crippen LogP contribution >= 0.6 is 15.6 Å². The molecule has 0 saturated carbocycles. The summed E-state index contributed by atoms with van der Waals surface area (Å²) in [6.45, 7) is 7.59. The molecule has 188 valence electrons. The van der Waals surface area contributed by atoms with Crippen molar-refractivity contribution in [3.05, 3.63) is 17.7 Å². The predicted molar refractivity (Wildman–Crippen MR) is 124 cm³/mol. The number of anilines is 2. The number of fused-ring (bicyclic) bond motifs is 1. The molecule has 14 heteroatoms. The number of rotatable bonds is 9. The molecule has 32 heavy (non-hydrogen) atoms. The van der Waals surface area contributed by atoms with Crippen LogP contribution in [-0.4, -0.2) is 62.1 Å². The molecule has 0 aliphatic carbocycles. The van der Waals surface area contributed by atoms with E-state index < -0.39 is 15.6 Å². The van der Waals surface area contributed by atoms with Crippen LogP contribution in [0.2, 0.25) is 0 Å². The number of hydrogen-bond acceptors (Lipinski definition) is 6. The standard InChI is InChI=1S/C18H31N3O.2H3O4P/c1-14(2)19-11-5-4-6-12-20-16-9-10-17(22-3)15-8-7-13-21-18(15)16;2*1-5(2,3)4/h9-10,14,19-21H,4-8,11-13H2,1-3H3;2*(H3,1,2,3,4). The molecule has 1 aliphatic rings. The van der Waals surface area contributed by atoms with Crippen molar-refractivity contribution < 1.29 is 43.2 Å². The highest BCUT2D eigenvalue weighted by atomic mass is 31.2. The Morgan fingerprint density at radius 1 is 1.00 bits per heavy atom.